The van der Waals surface area contributed by atoms with Gasteiger partial charge in [-0.2, -0.15) is 13.2 Å². The van der Waals surface area contributed by atoms with Crippen LogP contribution in [-0.4, -0.2) is 23.9 Å². The van der Waals surface area contributed by atoms with Gasteiger partial charge in [0.05, 0.1) is 0 Å². The van der Waals surface area contributed by atoms with E-state index in [0.29, 0.717) is 36.4 Å². The predicted molar refractivity (Wildman–Crippen MR) is 104 cm³/mol. The van der Waals surface area contributed by atoms with Crippen LogP contribution >= 0.6 is 0 Å². The summed E-state index contributed by atoms with van der Waals surface area (Å²) in [5, 5.41) is 2.20. The molecule has 0 aromatic heterocycles. The van der Waals surface area contributed by atoms with Crippen molar-refractivity contribution in [1.82, 2.24) is 5.32 Å². The number of carbonyl (C=O) groups is 2. The molecule has 0 bridgehead atoms. The zero-order chi connectivity index (χ0) is 21.2. The van der Waals surface area contributed by atoms with Gasteiger partial charge in [0.2, 0.25) is 0 Å². The van der Waals surface area contributed by atoms with E-state index in [2.05, 4.69) is 25.2 Å². The molecule has 0 spiro atoms. The van der Waals surface area contributed by atoms with E-state index in [-0.39, 0.29) is 16.7 Å². The summed E-state index contributed by atoms with van der Waals surface area (Å²) in [5.74, 6) is 0.341. The number of ketones is 1. The van der Waals surface area contributed by atoms with Crippen molar-refractivity contribution in [3.63, 3.8) is 0 Å². The van der Waals surface area contributed by atoms with Crippen LogP contribution in [0.4, 0.5) is 13.2 Å². The Morgan fingerprint density at radius 1 is 1.07 bits per heavy atom. The van der Waals surface area contributed by atoms with Crippen LogP contribution < -0.4 is 5.32 Å². The van der Waals surface area contributed by atoms with Gasteiger partial charge in [0.1, 0.15) is 5.78 Å². The highest BCUT2D eigenvalue weighted by Gasteiger charge is 2.59. The molecule has 29 heavy (non-hydrogen) atoms. The Morgan fingerprint density at radius 2 is 1.79 bits per heavy atom. The van der Waals surface area contributed by atoms with E-state index < -0.39 is 18.1 Å². The Kier molecular flexibility index (Phi) is 4.94. The van der Waals surface area contributed by atoms with Gasteiger partial charge < -0.3 is 5.32 Å². The summed E-state index contributed by atoms with van der Waals surface area (Å²) in [6.07, 6.45) is 4.62. The maximum Gasteiger partial charge on any atom is 0.471 e. The summed E-state index contributed by atoms with van der Waals surface area (Å²) >= 11 is 0. The number of fused-ring (bicyclic) bond motifs is 5. The molecule has 0 radical (unpaired) electrons. The molecule has 0 aromatic rings. The molecule has 0 aromatic carbocycles. The average Bonchev–Trinajstić information content (AvgIpc) is 2.98. The summed E-state index contributed by atoms with van der Waals surface area (Å²) < 4.78 is 37.9. The quantitative estimate of drug-likeness (QED) is 0.635. The van der Waals surface area contributed by atoms with E-state index in [9.17, 15) is 22.8 Å². The Labute approximate surface area is 170 Å². The monoisotopic (exact) mass is 411 g/mol. The van der Waals surface area contributed by atoms with Gasteiger partial charge in [-0.05, 0) is 86.9 Å². The summed E-state index contributed by atoms with van der Waals surface area (Å²) in [6, 6.07) is -0.428. The normalized spacial score (nSPS) is 44.2. The molecule has 3 fully saturated rings. The SMILES string of the molecule is CC(=O)[C@H]1CC[C@H]2[C@@H]3CC=C4CC(NC(=O)C(F)(F)F)CC[C@]4(C)[C@H]3CC[C@]12C. The molecule has 3 nitrogen and oxygen atoms in total. The number of hydrogen-bond acceptors (Lipinski definition) is 2. The fourth-order valence-corrected chi connectivity index (χ4v) is 7.72. The lowest BCUT2D eigenvalue weighted by molar-refractivity contribution is -0.174. The molecule has 4 rings (SSSR count). The van der Waals surface area contributed by atoms with Crippen molar-refractivity contribution < 1.29 is 22.8 Å². The van der Waals surface area contributed by atoms with Crippen LogP contribution in [0.5, 0.6) is 0 Å². The Balaban J connectivity index is 1.53. The summed E-state index contributed by atoms with van der Waals surface area (Å²) in [5.41, 5.74) is 1.35. The molecule has 7 atom stereocenters. The molecule has 0 saturated heterocycles. The van der Waals surface area contributed by atoms with Crippen LogP contribution in [0.25, 0.3) is 0 Å². The van der Waals surface area contributed by atoms with Crippen molar-refractivity contribution in [2.75, 3.05) is 0 Å². The summed E-state index contributed by atoms with van der Waals surface area (Å²) in [7, 11) is 0. The molecule has 3 saturated carbocycles. The van der Waals surface area contributed by atoms with Crippen molar-refractivity contribution in [2.24, 2.45) is 34.5 Å². The number of halogens is 3. The van der Waals surface area contributed by atoms with Crippen molar-refractivity contribution in [1.29, 1.82) is 0 Å². The number of amides is 1. The summed E-state index contributed by atoms with van der Waals surface area (Å²) in [4.78, 5) is 23.6. The second-order valence-electron chi connectivity index (χ2n) is 10.5. The molecule has 1 amide bonds. The van der Waals surface area contributed by atoms with E-state index in [0.717, 1.165) is 38.5 Å². The summed E-state index contributed by atoms with van der Waals surface area (Å²) in [6.45, 7) is 6.34. The molecule has 0 heterocycles. The second-order valence-corrected chi connectivity index (χ2v) is 10.5. The first-order valence-electron chi connectivity index (χ1n) is 11.0. The fourth-order valence-electron chi connectivity index (χ4n) is 7.72. The maximum atomic E-state index is 12.6. The lowest BCUT2D eigenvalue weighted by Gasteiger charge is -2.58. The van der Waals surface area contributed by atoms with Gasteiger partial charge in [0.25, 0.3) is 0 Å². The average molecular weight is 412 g/mol. The van der Waals surface area contributed by atoms with Crippen LogP contribution in [0, 0.1) is 34.5 Å². The standard InChI is InChI=1S/C23H32F3NO2/c1-13(28)17-6-7-18-16-5-4-14-12-15(27-20(29)23(24,25)26)8-10-21(14,2)19(16)9-11-22(17,18)3/h4,15-19H,5-12H2,1-3H3,(H,27,29)/t15?,16-,17+,18-,19-,21-,22+/m0/s1. The molecular weight excluding hydrogens is 379 g/mol. The number of rotatable bonds is 2. The van der Waals surface area contributed by atoms with Gasteiger partial charge in [-0.3, -0.25) is 9.59 Å². The third-order valence-electron chi connectivity index (χ3n) is 9.19. The van der Waals surface area contributed by atoms with Crippen LogP contribution in [0.15, 0.2) is 11.6 Å². The molecule has 1 unspecified atom stereocenters. The number of carbonyl (C=O) groups excluding carboxylic acids is 2. The van der Waals surface area contributed by atoms with Gasteiger partial charge in [-0.1, -0.05) is 25.5 Å². The van der Waals surface area contributed by atoms with E-state index in [1.165, 1.54) is 5.57 Å². The number of alkyl halides is 3. The highest BCUT2D eigenvalue weighted by Crippen LogP contribution is 2.66. The number of nitrogens with one attached hydrogen (secondary N) is 1. The molecular formula is C23H32F3NO2. The van der Waals surface area contributed by atoms with Crippen LogP contribution in [0.1, 0.15) is 72.1 Å². The molecule has 0 aliphatic heterocycles. The van der Waals surface area contributed by atoms with E-state index in [4.69, 9.17) is 0 Å². The van der Waals surface area contributed by atoms with E-state index in [1.54, 1.807) is 6.92 Å². The van der Waals surface area contributed by atoms with Gasteiger partial charge in [-0.25, -0.2) is 0 Å². The topological polar surface area (TPSA) is 46.2 Å². The molecule has 162 valence electrons. The van der Waals surface area contributed by atoms with Crippen molar-refractivity contribution in [3.05, 3.63) is 11.6 Å². The Morgan fingerprint density at radius 3 is 2.45 bits per heavy atom. The lowest BCUT2D eigenvalue weighted by Crippen LogP contribution is -2.53. The minimum absolute atomic E-state index is 0.0119. The van der Waals surface area contributed by atoms with Crippen LogP contribution in [0.2, 0.25) is 0 Å². The van der Waals surface area contributed by atoms with E-state index in [1.807, 2.05) is 0 Å². The second kappa shape index (κ2) is 6.84. The zero-order valence-corrected chi connectivity index (χ0v) is 17.6. The van der Waals surface area contributed by atoms with Crippen molar-refractivity contribution in [2.45, 2.75) is 84.4 Å². The third kappa shape index (κ3) is 3.25. The molecule has 4 aliphatic rings. The molecule has 4 aliphatic carbocycles. The zero-order valence-electron chi connectivity index (χ0n) is 17.6. The lowest BCUT2D eigenvalue weighted by atomic mass is 9.47. The molecule has 1 N–H and O–H groups in total. The predicted octanol–water partition coefficient (Wildman–Crippen LogP) is 5.20. The minimum atomic E-state index is -4.82. The van der Waals surface area contributed by atoms with Crippen LogP contribution in [0.3, 0.4) is 0 Å². The third-order valence-corrected chi connectivity index (χ3v) is 9.19. The van der Waals surface area contributed by atoms with Gasteiger partial charge in [0, 0.05) is 12.0 Å². The van der Waals surface area contributed by atoms with Gasteiger partial charge in [0.15, 0.2) is 0 Å². The van der Waals surface area contributed by atoms with E-state index >= 15 is 0 Å². The van der Waals surface area contributed by atoms with Gasteiger partial charge in [-0.15, -0.1) is 0 Å². The first-order valence-corrected chi connectivity index (χ1v) is 11.0. The highest BCUT2D eigenvalue weighted by atomic mass is 19.4. The highest BCUT2D eigenvalue weighted by molar-refractivity contribution is 5.82. The minimum Gasteiger partial charge on any atom is -0.345 e. The smallest absolute Gasteiger partial charge is 0.345 e. The largest absolute Gasteiger partial charge is 0.471 e. The van der Waals surface area contributed by atoms with Crippen LogP contribution in [-0.2, 0) is 9.59 Å². The number of allylic oxidation sites excluding steroid dienone is 1. The van der Waals surface area contributed by atoms with Crippen molar-refractivity contribution >= 4 is 11.7 Å². The number of hydrogen-bond donors (Lipinski definition) is 1. The fraction of sp³-hybridized carbons (Fsp3) is 0.826. The Hall–Kier alpha value is -1.33. The van der Waals surface area contributed by atoms with Gasteiger partial charge >= 0.3 is 12.1 Å². The Bertz CT molecular complexity index is 745. The van der Waals surface area contributed by atoms with Crippen molar-refractivity contribution in [3.8, 4) is 0 Å². The first kappa shape index (κ1) is 20.9. The molecule has 6 heteroatoms. The maximum absolute atomic E-state index is 12.6. The first-order chi connectivity index (χ1) is 13.5. The number of Topliss-reactive ketones (excluding diaryl/α,β-unsaturated/α-hetero) is 1.